The van der Waals surface area contributed by atoms with Crippen LogP contribution in [0.25, 0.3) is 11.0 Å². The molecular weight excluding hydrogens is 392 g/mol. The Morgan fingerprint density at radius 3 is 2.62 bits per heavy atom. The second kappa shape index (κ2) is 7.25. The predicted octanol–water partition coefficient (Wildman–Crippen LogP) is 4.73. The number of carbonyl (C=O) groups is 1. The van der Waals surface area contributed by atoms with Gasteiger partial charge >= 0.3 is 5.97 Å². The third-order valence-corrected chi connectivity index (χ3v) is 5.29. The third kappa shape index (κ3) is 3.45. The van der Waals surface area contributed by atoms with Gasteiger partial charge in [-0.2, -0.15) is 5.10 Å². The monoisotopic (exact) mass is 410 g/mol. The molecule has 0 aliphatic rings. The molecule has 0 saturated carbocycles. The van der Waals surface area contributed by atoms with E-state index in [4.69, 9.17) is 16.1 Å². The van der Waals surface area contributed by atoms with Crippen molar-refractivity contribution in [3.05, 3.63) is 75.7 Å². The summed E-state index contributed by atoms with van der Waals surface area (Å²) in [4.78, 5) is 11.9. The summed E-state index contributed by atoms with van der Waals surface area (Å²) in [6.07, 6.45) is 0. The van der Waals surface area contributed by atoms with Crippen LogP contribution in [0.1, 0.15) is 39.0 Å². The van der Waals surface area contributed by atoms with E-state index >= 15 is 0 Å². The van der Waals surface area contributed by atoms with E-state index in [1.807, 2.05) is 44.2 Å². The number of hydrogen-bond acceptors (Lipinski definition) is 5. The normalized spacial score (nSPS) is 12.3. The van der Waals surface area contributed by atoms with Crippen LogP contribution in [0.2, 0.25) is 5.02 Å². The Morgan fingerprint density at radius 2 is 1.93 bits per heavy atom. The average Bonchev–Trinajstić information content (AvgIpc) is 3.21. The van der Waals surface area contributed by atoms with Crippen molar-refractivity contribution >= 4 is 34.2 Å². The van der Waals surface area contributed by atoms with Crippen LogP contribution in [0, 0.1) is 13.8 Å². The average molecular weight is 411 g/mol. The van der Waals surface area contributed by atoms with Gasteiger partial charge in [-0.3, -0.25) is 4.68 Å². The van der Waals surface area contributed by atoms with E-state index in [1.54, 1.807) is 23.9 Å². The number of carboxylic acid groups (broad SMARTS) is 1. The minimum Gasteiger partial charge on any atom is -0.476 e. The van der Waals surface area contributed by atoms with Crippen LogP contribution in [-0.2, 0) is 7.05 Å². The first kappa shape index (κ1) is 19.0. The second-order valence-electron chi connectivity index (χ2n) is 6.88. The number of aromatic nitrogens is 3. The Morgan fingerprint density at radius 1 is 1.21 bits per heavy atom. The molecule has 0 bridgehead atoms. The van der Waals surface area contributed by atoms with Crippen molar-refractivity contribution < 1.29 is 14.4 Å². The molecule has 7 nitrogen and oxygen atoms in total. The van der Waals surface area contributed by atoms with Gasteiger partial charge in [0.15, 0.2) is 11.3 Å². The highest BCUT2D eigenvalue weighted by atomic mass is 35.5. The number of benzene rings is 2. The van der Waals surface area contributed by atoms with Gasteiger partial charge in [0.25, 0.3) is 0 Å². The number of fused-ring (bicyclic) bond motifs is 1. The lowest BCUT2D eigenvalue weighted by molar-refractivity contribution is 0.0688. The first-order chi connectivity index (χ1) is 13.8. The molecule has 1 atom stereocenters. The maximum absolute atomic E-state index is 11.9. The predicted molar refractivity (Wildman–Crippen MR) is 111 cm³/mol. The molecule has 0 fully saturated rings. The lowest BCUT2D eigenvalue weighted by atomic mass is 9.96. The molecule has 4 aromatic rings. The fraction of sp³-hybridized carbons (Fsp3) is 0.190. The summed E-state index contributed by atoms with van der Waals surface area (Å²) in [6, 6.07) is 12.5. The van der Waals surface area contributed by atoms with Crippen molar-refractivity contribution in [2.24, 2.45) is 7.05 Å². The van der Waals surface area contributed by atoms with E-state index in [0.717, 1.165) is 28.0 Å². The Kier molecular flexibility index (Phi) is 4.76. The van der Waals surface area contributed by atoms with Gasteiger partial charge in [-0.1, -0.05) is 28.9 Å². The first-order valence-corrected chi connectivity index (χ1v) is 9.37. The molecule has 0 radical (unpaired) electrons. The van der Waals surface area contributed by atoms with Crippen molar-refractivity contribution in [2.75, 3.05) is 5.32 Å². The van der Waals surface area contributed by atoms with Crippen molar-refractivity contribution in [1.29, 1.82) is 0 Å². The van der Waals surface area contributed by atoms with E-state index in [2.05, 4.69) is 15.6 Å². The van der Waals surface area contributed by atoms with Crippen LogP contribution in [0.15, 0.2) is 47.0 Å². The maximum atomic E-state index is 11.9. The number of hydrogen-bond donors (Lipinski definition) is 2. The summed E-state index contributed by atoms with van der Waals surface area (Å²) in [5.74, 6) is -1.07. The Bertz CT molecular complexity index is 1210. The number of aryl methyl sites for hydroxylation is 2. The molecule has 4 rings (SSSR count). The molecule has 2 aromatic heterocycles. The molecule has 2 N–H and O–H groups in total. The van der Waals surface area contributed by atoms with Gasteiger partial charge in [-0.05, 0) is 49.7 Å². The molecule has 0 aliphatic heterocycles. The summed E-state index contributed by atoms with van der Waals surface area (Å²) >= 11 is 6.06. The smallest absolute Gasteiger partial charge is 0.356 e. The summed E-state index contributed by atoms with van der Waals surface area (Å²) in [7, 11) is 1.73. The Balaban J connectivity index is 1.86. The van der Waals surface area contributed by atoms with Crippen molar-refractivity contribution in [3.63, 3.8) is 0 Å². The van der Waals surface area contributed by atoms with Crippen molar-refractivity contribution in [3.8, 4) is 0 Å². The van der Waals surface area contributed by atoms with Crippen LogP contribution >= 0.6 is 11.6 Å². The van der Waals surface area contributed by atoms with E-state index in [-0.39, 0.29) is 5.69 Å². The molecule has 0 spiro atoms. The topological polar surface area (TPSA) is 93.2 Å². The van der Waals surface area contributed by atoms with Crippen LogP contribution in [0.3, 0.4) is 0 Å². The van der Waals surface area contributed by atoms with Gasteiger partial charge < -0.3 is 14.9 Å². The lowest BCUT2D eigenvalue weighted by Gasteiger charge is -2.21. The van der Waals surface area contributed by atoms with Gasteiger partial charge in [-0.15, -0.1) is 0 Å². The van der Waals surface area contributed by atoms with Gasteiger partial charge in [0, 0.05) is 34.4 Å². The summed E-state index contributed by atoms with van der Waals surface area (Å²) in [5, 5.41) is 22.9. The molecule has 148 valence electrons. The fourth-order valence-corrected chi connectivity index (χ4v) is 3.55. The third-order valence-electron chi connectivity index (χ3n) is 5.04. The van der Waals surface area contributed by atoms with E-state index in [1.165, 1.54) is 0 Å². The molecule has 8 heteroatoms. The molecule has 29 heavy (non-hydrogen) atoms. The lowest BCUT2D eigenvalue weighted by Crippen LogP contribution is -2.16. The fourth-order valence-electron chi connectivity index (χ4n) is 3.42. The number of carboxylic acids is 1. The highest BCUT2D eigenvalue weighted by Gasteiger charge is 2.27. The quantitative estimate of drug-likeness (QED) is 0.494. The summed E-state index contributed by atoms with van der Waals surface area (Å²) < 4.78 is 6.86. The SMILES string of the molecule is Cc1noc2ccc(NC(c3ccc(Cl)cc3)c3c(C(=O)O)nn(C)c3C)cc12. The minimum atomic E-state index is -1.07. The zero-order valence-electron chi connectivity index (χ0n) is 16.1. The standard InChI is InChI=1S/C21H19ClN4O3/c1-11-16-10-15(8-9-17(16)29-25-11)23-19(13-4-6-14(22)7-5-13)18-12(2)26(3)24-20(18)21(27)28/h4-10,19,23H,1-3H3,(H,27,28). The molecule has 2 aromatic carbocycles. The number of rotatable bonds is 5. The van der Waals surface area contributed by atoms with Crippen LogP contribution < -0.4 is 5.32 Å². The molecule has 0 aliphatic carbocycles. The highest BCUT2D eigenvalue weighted by Crippen LogP contribution is 2.33. The van der Waals surface area contributed by atoms with Crippen molar-refractivity contribution in [2.45, 2.75) is 19.9 Å². The molecular formula is C21H19ClN4O3. The first-order valence-electron chi connectivity index (χ1n) is 9.00. The van der Waals surface area contributed by atoms with Crippen LogP contribution in [-0.4, -0.2) is 26.0 Å². The van der Waals surface area contributed by atoms with E-state index < -0.39 is 12.0 Å². The minimum absolute atomic E-state index is 0.0136. The number of nitrogens with one attached hydrogen (secondary N) is 1. The molecule has 0 amide bonds. The number of nitrogens with zero attached hydrogens (tertiary/aromatic N) is 3. The summed E-state index contributed by atoms with van der Waals surface area (Å²) in [5.41, 5.74) is 4.54. The maximum Gasteiger partial charge on any atom is 0.356 e. The van der Waals surface area contributed by atoms with Crippen molar-refractivity contribution in [1.82, 2.24) is 14.9 Å². The van der Waals surface area contributed by atoms with Gasteiger partial charge in [0.05, 0.1) is 11.7 Å². The Labute approximate surface area is 171 Å². The van der Waals surface area contributed by atoms with E-state index in [0.29, 0.717) is 16.2 Å². The Hall–Kier alpha value is -3.32. The van der Waals surface area contributed by atoms with Gasteiger partial charge in [0.1, 0.15) is 0 Å². The number of aromatic carboxylic acids is 1. The van der Waals surface area contributed by atoms with Crippen LogP contribution in [0.4, 0.5) is 5.69 Å². The van der Waals surface area contributed by atoms with Gasteiger partial charge in [-0.25, -0.2) is 4.79 Å². The highest BCUT2D eigenvalue weighted by molar-refractivity contribution is 6.30. The second-order valence-corrected chi connectivity index (χ2v) is 7.32. The van der Waals surface area contributed by atoms with Gasteiger partial charge in [0.2, 0.25) is 0 Å². The zero-order valence-corrected chi connectivity index (χ0v) is 16.9. The summed E-state index contributed by atoms with van der Waals surface area (Å²) in [6.45, 7) is 3.73. The molecule has 2 heterocycles. The van der Waals surface area contributed by atoms with E-state index in [9.17, 15) is 9.90 Å². The largest absolute Gasteiger partial charge is 0.476 e. The zero-order chi connectivity index (χ0) is 20.7. The molecule has 1 unspecified atom stereocenters. The van der Waals surface area contributed by atoms with Crippen LogP contribution in [0.5, 0.6) is 0 Å². The number of anilines is 1. The number of halogens is 1. The molecule has 0 saturated heterocycles.